The Morgan fingerprint density at radius 1 is 1.50 bits per heavy atom. The van der Waals surface area contributed by atoms with Gasteiger partial charge in [0.25, 0.3) is 0 Å². The van der Waals surface area contributed by atoms with Crippen LogP contribution in [-0.4, -0.2) is 29.8 Å². The topological polar surface area (TPSA) is 20.3 Å². The van der Waals surface area contributed by atoms with Gasteiger partial charge in [0.2, 0.25) is 0 Å². The minimum Gasteiger partial charge on any atom is -0.298 e. The standard InChI is InChI=1S/C8H13NO/c1-6-2-3-7-4-9(6)5-8(7)10/h6-7H,2-5H2,1H3. The molecule has 2 nitrogen and oxygen atoms in total. The molecular weight excluding hydrogens is 126 g/mol. The van der Waals surface area contributed by atoms with Crippen molar-refractivity contribution in [3.63, 3.8) is 0 Å². The molecule has 0 aromatic carbocycles. The van der Waals surface area contributed by atoms with E-state index in [9.17, 15) is 4.79 Å². The average Bonchev–Trinajstić information content (AvgIpc) is 2.21. The summed E-state index contributed by atoms with van der Waals surface area (Å²) in [5.41, 5.74) is 0. The number of nitrogens with zero attached hydrogens (tertiary/aromatic N) is 1. The van der Waals surface area contributed by atoms with Gasteiger partial charge in [-0.2, -0.15) is 0 Å². The number of hydrogen-bond donors (Lipinski definition) is 0. The third-order valence-corrected chi connectivity index (χ3v) is 2.83. The van der Waals surface area contributed by atoms with E-state index in [-0.39, 0.29) is 0 Å². The molecular formula is C8H13NO. The average molecular weight is 139 g/mol. The molecule has 2 aliphatic rings. The lowest BCUT2D eigenvalue weighted by molar-refractivity contribution is -0.119. The largest absolute Gasteiger partial charge is 0.298 e. The highest BCUT2D eigenvalue weighted by atomic mass is 16.1. The Labute approximate surface area is 61.2 Å². The molecule has 0 aromatic heterocycles. The zero-order valence-corrected chi connectivity index (χ0v) is 6.34. The van der Waals surface area contributed by atoms with Crippen LogP contribution < -0.4 is 0 Å². The van der Waals surface area contributed by atoms with Crippen molar-refractivity contribution in [2.75, 3.05) is 13.1 Å². The molecule has 0 radical (unpaired) electrons. The zero-order chi connectivity index (χ0) is 7.14. The molecule has 2 heteroatoms. The summed E-state index contributed by atoms with van der Waals surface area (Å²) in [6.45, 7) is 3.99. The molecule has 2 bridgehead atoms. The van der Waals surface area contributed by atoms with Crippen LogP contribution in [0.1, 0.15) is 19.8 Å². The highest BCUT2D eigenvalue weighted by Crippen LogP contribution is 2.27. The first-order valence-corrected chi connectivity index (χ1v) is 4.04. The predicted octanol–water partition coefficient (Wildman–Crippen LogP) is 0.670. The van der Waals surface area contributed by atoms with Gasteiger partial charge < -0.3 is 0 Å². The second kappa shape index (κ2) is 2.06. The Morgan fingerprint density at radius 3 is 3.00 bits per heavy atom. The van der Waals surface area contributed by atoms with Crippen molar-refractivity contribution in [1.82, 2.24) is 4.90 Å². The minimum absolute atomic E-state index is 0.399. The number of carbonyl (C=O) groups is 1. The first kappa shape index (κ1) is 6.35. The summed E-state index contributed by atoms with van der Waals surface area (Å²) in [5.74, 6) is 0.876. The minimum atomic E-state index is 0.399. The number of piperidine rings is 1. The third kappa shape index (κ3) is 0.788. The Balaban J connectivity index is 2.15. The van der Waals surface area contributed by atoms with Gasteiger partial charge in [0.15, 0.2) is 5.78 Å². The van der Waals surface area contributed by atoms with Gasteiger partial charge in [-0.1, -0.05) is 0 Å². The molecule has 2 fully saturated rings. The van der Waals surface area contributed by atoms with Crippen LogP contribution in [0.5, 0.6) is 0 Å². The van der Waals surface area contributed by atoms with E-state index in [1.165, 1.54) is 6.42 Å². The first-order valence-electron chi connectivity index (χ1n) is 4.04. The Morgan fingerprint density at radius 2 is 2.30 bits per heavy atom. The van der Waals surface area contributed by atoms with E-state index >= 15 is 0 Å². The number of rotatable bonds is 0. The molecule has 3 unspecified atom stereocenters. The number of hydrogen-bond acceptors (Lipinski definition) is 2. The molecule has 2 heterocycles. The van der Waals surface area contributed by atoms with Gasteiger partial charge in [-0.25, -0.2) is 0 Å². The van der Waals surface area contributed by atoms with Gasteiger partial charge in [0.1, 0.15) is 0 Å². The molecule has 2 saturated heterocycles. The zero-order valence-electron chi connectivity index (χ0n) is 6.34. The van der Waals surface area contributed by atoms with Crippen molar-refractivity contribution < 1.29 is 4.79 Å². The molecule has 0 saturated carbocycles. The maximum Gasteiger partial charge on any atom is 0.151 e. The van der Waals surface area contributed by atoms with Crippen molar-refractivity contribution in [1.29, 1.82) is 0 Å². The normalized spacial score (nSPS) is 46.1. The van der Waals surface area contributed by atoms with Crippen LogP contribution >= 0.6 is 0 Å². The van der Waals surface area contributed by atoms with E-state index in [0.29, 0.717) is 17.7 Å². The lowest BCUT2D eigenvalue weighted by Gasteiger charge is -2.27. The fraction of sp³-hybridized carbons (Fsp3) is 0.875. The number of Topliss-reactive ketones (excluding diaryl/α,β-unsaturated/α-hetero) is 1. The molecule has 0 amide bonds. The summed E-state index contributed by atoms with van der Waals surface area (Å²) in [4.78, 5) is 13.5. The maximum absolute atomic E-state index is 11.2. The summed E-state index contributed by atoms with van der Waals surface area (Å²) in [6, 6.07) is 0.655. The smallest absolute Gasteiger partial charge is 0.151 e. The summed E-state index contributed by atoms with van der Waals surface area (Å²) < 4.78 is 0. The van der Waals surface area contributed by atoms with Crippen LogP contribution in [0.15, 0.2) is 0 Å². The van der Waals surface area contributed by atoms with Gasteiger partial charge in [0.05, 0.1) is 6.54 Å². The van der Waals surface area contributed by atoms with E-state index in [2.05, 4.69) is 11.8 Å². The lowest BCUT2D eigenvalue weighted by Crippen LogP contribution is -2.34. The number of ketones is 1. The Bertz CT molecular complexity index is 167. The van der Waals surface area contributed by atoms with Gasteiger partial charge in [-0.05, 0) is 19.8 Å². The van der Waals surface area contributed by atoms with Crippen LogP contribution in [-0.2, 0) is 4.79 Å². The van der Waals surface area contributed by atoms with Crippen LogP contribution in [0.2, 0.25) is 0 Å². The number of carbonyl (C=O) groups excluding carboxylic acids is 1. The van der Waals surface area contributed by atoms with E-state index in [1.54, 1.807) is 0 Å². The molecule has 0 aliphatic carbocycles. The van der Waals surface area contributed by atoms with Crippen molar-refractivity contribution >= 4 is 5.78 Å². The van der Waals surface area contributed by atoms with Gasteiger partial charge in [-0.3, -0.25) is 9.69 Å². The molecule has 56 valence electrons. The summed E-state index contributed by atoms with van der Waals surface area (Å²) in [7, 11) is 0. The quantitative estimate of drug-likeness (QED) is 0.491. The summed E-state index contributed by atoms with van der Waals surface area (Å²) in [6.07, 6.45) is 2.35. The summed E-state index contributed by atoms with van der Waals surface area (Å²) >= 11 is 0. The molecule has 0 spiro atoms. The fourth-order valence-electron chi connectivity index (χ4n) is 1.99. The SMILES string of the molecule is CC1CCC2CN1CC2=O. The third-order valence-electron chi connectivity index (χ3n) is 2.83. The molecule has 10 heavy (non-hydrogen) atoms. The van der Waals surface area contributed by atoms with Crippen LogP contribution in [0.3, 0.4) is 0 Å². The second-order valence-corrected chi connectivity index (χ2v) is 3.52. The highest BCUT2D eigenvalue weighted by molar-refractivity contribution is 5.85. The monoisotopic (exact) mass is 139 g/mol. The molecule has 0 N–H and O–H groups in total. The van der Waals surface area contributed by atoms with Gasteiger partial charge in [-0.15, -0.1) is 0 Å². The lowest BCUT2D eigenvalue weighted by atomic mass is 9.96. The van der Waals surface area contributed by atoms with Crippen molar-refractivity contribution in [3.8, 4) is 0 Å². The summed E-state index contributed by atoms with van der Waals surface area (Å²) in [5, 5.41) is 0. The second-order valence-electron chi connectivity index (χ2n) is 3.52. The maximum atomic E-state index is 11.2. The predicted molar refractivity (Wildman–Crippen MR) is 38.8 cm³/mol. The molecule has 2 rings (SSSR count). The van der Waals surface area contributed by atoms with E-state index < -0.39 is 0 Å². The van der Waals surface area contributed by atoms with Crippen molar-refractivity contribution in [2.24, 2.45) is 5.92 Å². The molecule has 0 aromatic rings. The van der Waals surface area contributed by atoms with Crippen LogP contribution in [0.4, 0.5) is 0 Å². The fourth-order valence-corrected chi connectivity index (χ4v) is 1.99. The van der Waals surface area contributed by atoms with Gasteiger partial charge >= 0.3 is 0 Å². The Kier molecular flexibility index (Phi) is 1.31. The van der Waals surface area contributed by atoms with Crippen molar-refractivity contribution in [2.45, 2.75) is 25.8 Å². The van der Waals surface area contributed by atoms with E-state index in [0.717, 1.165) is 19.5 Å². The highest BCUT2D eigenvalue weighted by Gasteiger charge is 2.36. The van der Waals surface area contributed by atoms with Gasteiger partial charge in [0, 0.05) is 18.5 Å². The van der Waals surface area contributed by atoms with Crippen molar-refractivity contribution in [3.05, 3.63) is 0 Å². The van der Waals surface area contributed by atoms with E-state index in [4.69, 9.17) is 0 Å². The molecule has 2 aliphatic heterocycles. The van der Waals surface area contributed by atoms with Crippen LogP contribution in [0, 0.1) is 5.92 Å². The molecule has 3 atom stereocenters. The van der Waals surface area contributed by atoms with Crippen LogP contribution in [0.25, 0.3) is 0 Å². The Hall–Kier alpha value is -0.370. The number of fused-ring (bicyclic) bond motifs is 2. The first-order chi connectivity index (χ1) is 4.77. The van der Waals surface area contributed by atoms with E-state index in [1.807, 2.05) is 0 Å².